The highest BCUT2D eigenvalue weighted by atomic mass is 31.2. The predicted octanol–water partition coefficient (Wildman–Crippen LogP) is 9.24. The largest absolute Gasteiger partial charge is 0.350 e. The van der Waals surface area contributed by atoms with Crippen molar-refractivity contribution in [3.8, 4) is 0 Å². The molecule has 0 aromatic rings. The van der Waals surface area contributed by atoms with E-state index in [1.165, 1.54) is 148 Å². The minimum absolute atomic E-state index is 0.300. The van der Waals surface area contributed by atoms with Crippen LogP contribution in [-0.2, 0) is 0 Å². The van der Waals surface area contributed by atoms with E-state index < -0.39 is 8.38 Å². The maximum Gasteiger partial charge on any atom is 0.164 e. The predicted molar refractivity (Wildman–Crippen MR) is 150 cm³/mol. The van der Waals surface area contributed by atoms with Gasteiger partial charge in [0.1, 0.15) is 0 Å². The van der Waals surface area contributed by atoms with Gasteiger partial charge in [0.25, 0.3) is 0 Å². The Morgan fingerprint density at radius 1 is 0.559 bits per heavy atom. The van der Waals surface area contributed by atoms with Gasteiger partial charge >= 0.3 is 0 Å². The van der Waals surface area contributed by atoms with E-state index in [0.717, 1.165) is 24.2 Å². The van der Waals surface area contributed by atoms with Crippen molar-refractivity contribution in [3.05, 3.63) is 0 Å². The Morgan fingerprint density at radius 2 is 0.853 bits per heavy atom. The second-order valence-corrected chi connectivity index (χ2v) is 13.6. The summed E-state index contributed by atoms with van der Waals surface area (Å²) in [6.45, 7) is 2.28. The molecule has 0 amide bonds. The zero-order valence-electron chi connectivity index (χ0n) is 22.8. The van der Waals surface area contributed by atoms with Gasteiger partial charge in [-0.1, -0.05) is 116 Å². The summed E-state index contributed by atoms with van der Waals surface area (Å²) in [7, 11) is -1.64. The monoisotopic (exact) mass is 497 g/mol. The third-order valence-corrected chi connectivity index (χ3v) is 9.51. The van der Waals surface area contributed by atoms with Gasteiger partial charge in [0.15, 0.2) is 8.38 Å². The normalized spacial score (nSPS) is 27.3. The first-order valence-corrected chi connectivity index (χ1v) is 16.9. The fourth-order valence-electron chi connectivity index (χ4n) is 7.33. The molecule has 4 saturated carbocycles. The highest BCUT2D eigenvalue weighted by Crippen LogP contribution is 2.54. The summed E-state index contributed by atoms with van der Waals surface area (Å²) in [6.07, 6.45) is 33.9. The van der Waals surface area contributed by atoms with Crippen LogP contribution in [0.5, 0.6) is 0 Å². The van der Waals surface area contributed by atoms with Crippen molar-refractivity contribution in [3.63, 3.8) is 0 Å². The molecule has 0 aromatic carbocycles. The van der Waals surface area contributed by atoms with Crippen molar-refractivity contribution in [1.29, 1.82) is 0 Å². The first-order valence-electron chi connectivity index (χ1n) is 15.4. The SMILES string of the molecule is CCCCCCCCCCCCCCCCCCCCP(O)O.NC12CC3CC(CC(C3)C1)C2. The molecule has 0 saturated heterocycles. The van der Waals surface area contributed by atoms with E-state index in [1.807, 2.05) is 0 Å². The summed E-state index contributed by atoms with van der Waals surface area (Å²) in [5.74, 6) is 3.06. The fourth-order valence-corrected chi connectivity index (χ4v) is 7.84. The van der Waals surface area contributed by atoms with Crippen LogP contribution in [0.15, 0.2) is 0 Å². The van der Waals surface area contributed by atoms with Crippen molar-refractivity contribution < 1.29 is 9.79 Å². The maximum absolute atomic E-state index is 8.81. The van der Waals surface area contributed by atoms with Gasteiger partial charge in [-0.3, -0.25) is 0 Å². The topological polar surface area (TPSA) is 66.5 Å². The molecule has 34 heavy (non-hydrogen) atoms. The smallest absolute Gasteiger partial charge is 0.164 e. The molecule has 0 spiro atoms. The van der Waals surface area contributed by atoms with Gasteiger partial charge in [-0.05, 0) is 62.7 Å². The number of nitrogens with two attached hydrogens (primary N) is 1. The van der Waals surface area contributed by atoms with Gasteiger partial charge in [-0.15, -0.1) is 0 Å². The molecule has 0 atom stereocenters. The van der Waals surface area contributed by atoms with E-state index in [1.54, 1.807) is 0 Å². The number of unbranched alkanes of at least 4 members (excludes halogenated alkanes) is 17. The van der Waals surface area contributed by atoms with Gasteiger partial charge in [0.05, 0.1) is 0 Å². The molecule has 4 fully saturated rings. The second-order valence-electron chi connectivity index (χ2n) is 12.4. The number of hydrogen-bond donors (Lipinski definition) is 3. The Balaban J connectivity index is 0.000000299. The maximum atomic E-state index is 8.81. The number of rotatable bonds is 19. The van der Waals surface area contributed by atoms with Crippen LogP contribution in [0.4, 0.5) is 0 Å². The zero-order chi connectivity index (χ0) is 24.5. The molecule has 0 heterocycles. The summed E-state index contributed by atoms with van der Waals surface area (Å²) in [6, 6.07) is 0. The lowest BCUT2D eigenvalue weighted by Gasteiger charge is -2.55. The van der Waals surface area contributed by atoms with E-state index >= 15 is 0 Å². The van der Waals surface area contributed by atoms with Crippen molar-refractivity contribution in [2.24, 2.45) is 23.5 Å². The molecular weight excluding hydrogens is 437 g/mol. The summed E-state index contributed by atoms with van der Waals surface area (Å²) < 4.78 is 0. The van der Waals surface area contributed by atoms with Gasteiger partial charge < -0.3 is 15.5 Å². The van der Waals surface area contributed by atoms with Crippen LogP contribution in [0.1, 0.15) is 161 Å². The number of hydrogen-bond acceptors (Lipinski definition) is 3. The lowest BCUT2D eigenvalue weighted by molar-refractivity contribution is 0.000364. The Morgan fingerprint density at radius 3 is 1.12 bits per heavy atom. The molecule has 4 aliphatic rings. The van der Waals surface area contributed by atoms with Crippen LogP contribution in [0, 0.1) is 17.8 Å². The van der Waals surface area contributed by atoms with E-state index in [2.05, 4.69) is 6.92 Å². The van der Waals surface area contributed by atoms with Crippen molar-refractivity contribution >= 4 is 8.38 Å². The molecule has 0 radical (unpaired) electrons. The molecule has 4 rings (SSSR count). The second kappa shape index (κ2) is 18.5. The highest BCUT2D eigenvalue weighted by Gasteiger charge is 2.48. The first-order chi connectivity index (χ1) is 16.5. The van der Waals surface area contributed by atoms with Crippen LogP contribution in [0.3, 0.4) is 0 Å². The molecule has 4 heteroatoms. The molecule has 202 valence electrons. The van der Waals surface area contributed by atoms with Crippen molar-refractivity contribution in [1.82, 2.24) is 0 Å². The minimum Gasteiger partial charge on any atom is -0.350 e. The third-order valence-electron chi connectivity index (χ3n) is 8.80. The Hall–Kier alpha value is 0.310. The molecular formula is C30H60NO2P. The van der Waals surface area contributed by atoms with Gasteiger partial charge in [0, 0.05) is 11.7 Å². The molecule has 0 aliphatic heterocycles. The molecule has 4 bridgehead atoms. The van der Waals surface area contributed by atoms with Crippen LogP contribution in [-0.4, -0.2) is 21.5 Å². The lowest BCUT2D eigenvalue weighted by atomic mass is 9.53. The van der Waals surface area contributed by atoms with Crippen LogP contribution in [0.2, 0.25) is 0 Å². The standard InChI is InChI=1S/C20H43O2P.C10H17N/c1-2-3-4-5-6-7-8-9-10-11-12-13-14-15-16-17-18-19-20-23(21)22;11-10-4-7-1-8(5-10)3-9(2-7)6-10/h21-22H,2-20H2,1H3;7-9H,1-6,11H2. The zero-order valence-corrected chi connectivity index (χ0v) is 23.7. The summed E-state index contributed by atoms with van der Waals surface area (Å²) in [5, 5.41) is 0. The summed E-state index contributed by atoms with van der Waals surface area (Å²) in [5.41, 5.74) is 6.62. The highest BCUT2D eigenvalue weighted by molar-refractivity contribution is 7.45. The molecule has 0 unspecified atom stereocenters. The minimum atomic E-state index is -1.64. The average molecular weight is 498 g/mol. The van der Waals surface area contributed by atoms with Gasteiger partial charge in [0.2, 0.25) is 0 Å². The Kier molecular flexibility index (Phi) is 16.6. The first kappa shape index (κ1) is 30.5. The molecule has 4 N–H and O–H groups in total. The Bertz CT molecular complexity index is 449. The van der Waals surface area contributed by atoms with Crippen LogP contribution in [0.25, 0.3) is 0 Å². The molecule has 3 nitrogen and oxygen atoms in total. The van der Waals surface area contributed by atoms with E-state index in [9.17, 15) is 0 Å². The van der Waals surface area contributed by atoms with Crippen molar-refractivity contribution in [2.45, 2.75) is 167 Å². The fraction of sp³-hybridized carbons (Fsp3) is 1.00. The van der Waals surface area contributed by atoms with E-state index in [4.69, 9.17) is 15.5 Å². The average Bonchev–Trinajstić information content (AvgIpc) is 2.77. The van der Waals surface area contributed by atoms with Gasteiger partial charge in [-0.2, -0.15) is 0 Å². The van der Waals surface area contributed by atoms with Crippen molar-refractivity contribution in [2.75, 3.05) is 6.16 Å². The third kappa shape index (κ3) is 14.2. The van der Waals surface area contributed by atoms with E-state index in [0.29, 0.717) is 11.7 Å². The molecule has 0 aromatic heterocycles. The van der Waals surface area contributed by atoms with Crippen LogP contribution >= 0.6 is 8.38 Å². The Labute approximate surface area is 214 Å². The lowest BCUT2D eigenvalue weighted by Crippen LogP contribution is -2.55. The van der Waals surface area contributed by atoms with E-state index in [-0.39, 0.29) is 0 Å². The molecule has 4 aliphatic carbocycles. The summed E-state index contributed by atoms with van der Waals surface area (Å²) >= 11 is 0. The van der Waals surface area contributed by atoms with Gasteiger partial charge in [-0.25, -0.2) is 0 Å². The quantitative estimate of drug-likeness (QED) is 0.123. The summed E-state index contributed by atoms with van der Waals surface area (Å²) in [4.78, 5) is 17.6. The van der Waals surface area contributed by atoms with Crippen LogP contribution < -0.4 is 5.73 Å².